The second kappa shape index (κ2) is 2.97. The minimum atomic E-state index is -1.21. The van der Waals surface area contributed by atoms with Gasteiger partial charge in [0, 0.05) is 5.41 Å². The topological polar surface area (TPSA) is 69.4 Å². The summed E-state index contributed by atoms with van der Waals surface area (Å²) in [6.45, 7) is 9.03. The number of amides is 1. The lowest BCUT2D eigenvalue weighted by atomic mass is 9.59. The van der Waals surface area contributed by atoms with Crippen LogP contribution >= 0.6 is 0 Å². The molecule has 15 heavy (non-hydrogen) atoms. The number of carbonyl (C=O) groups is 2. The van der Waals surface area contributed by atoms with Crippen molar-refractivity contribution >= 4 is 11.9 Å². The lowest BCUT2D eigenvalue weighted by molar-refractivity contribution is -0.160. The van der Waals surface area contributed by atoms with Crippen molar-refractivity contribution in [1.29, 1.82) is 0 Å². The van der Waals surface area contributed by atoms with E-state index in [1.54, 1.807) is 6.92 Å². The molecule has 0 saturated carbocycles. The van der Waals surface area contributed by atoms with Crippen molar-refractivity contribution in [3.05, 3.63) is 0 Å². The molecular weight excluding hydrogens is 194 g/mol. The molecule has 0 bridgehead atoms. The maximum absolute atomic E-state index is 11.8. The molecule has 2 atom stereocenters. The van der Waals surface area contributed by atoms with Crippen molar-refractivity contribution in [2.75, 3.05) is 0 Å². The Morgan fingerprint density at radius 3 is 2.00 bits per heavy atom. The third-order valence-electron chi connectivity index (χ3n) is 4.50. The number of cyclic esters (lactones) is 1. The Bertz CT molecular complexity index is 324. The van der Waals surface area contributed by atoms with Crippen LogP contribution in [-0.2, 0) is 14.3 Å². The lowest BCUT2D eigenvalue weighted by Gasteiger charge is -2.40. The van der Waals surface area contributed by atoms with Crippen LogP contribution < -0.4 is 5.73 Å². The standard InChI is InChI=1S/C11H19NO3/c1-6-10(4)8(14)15-11(5,7(12)13)9(10,2)3/h6H2,1-5H3,(H2,12,13). The smallest absolute Gasteiger partial charge is 0.313 e. The molecule has 0 aromatic carbocycles. The van der Waals surface area contributed by atoms with Crippen molar-refractivity contribution in [2.24, 2.45) is 16.6 Å². The summed E-state index contributed by atoms with van der Waals surface area (Å²) in [6, 6.07) is 0. The second-order valence-electron chi connectivity index (χ2n) is 5.10. The summed E-state index contributed by atoms with van der Waals surface area (Å²) in [6.07, 6.45) is 0.627. The van der Waals surface area contributed by atoms with Crippen LogP contribution in [0.4, 0.5) is 0 Å². The fourth-order valence-electron chi connectivity index (χ4n) is 2.15. The summed E-state index contributed by atoms with van der Waals surface area (Å²) in [7, 11) is 0. The van der Waals surface area contributed by atoms with Gasteiger partial charge in [0.2, 0.25) is 0 Å². The fourth-order valence-corrected chi connectivity index (χ4v) is 2.15. The molecule has 0 aromatic rings. The quantitative estimate of drug-likeness (QED) is 0.701. The highest BCUT2D eigenvalue weighted by Gasteiger charge is 2.67. The molecule has 1 aliphatic heterocycles. The summed E-state index contributed by atoms with van der Waals surface area (Å²) < 4.78 is 5.22. The van der Waals surface area contributed by atoms with Gasteiger partial charge in [-0.1, -0.05) is 20.8 Å². The maximum atomic E-state index is 11.8. The van der Waals surface area contributed by atoms with Gasteiger partial charge in [-0.2, -0.15) is 0 Å². The molecule has 2 N–H and O–H groups in total. The first-order chi connectivity index (χ1) is 6.63. The van der Waals surface area contributed by atoms with Gasteiger partial charge in [-0.05, 0) is 20.3 Å². The first kappa shape index (κ1) is 12.0. The number of carbonyl (C=O) groups excluding carboxylic acids is 2. The van der Waals surface area contributed by atoms with Gasteiger partial charge in [-0.15, -0.1) is 0 Å². The van der Waals surface area contributed by atoms with Gasteiger partial charge in [0.05, 0.1) is 5.41 Å². The Labute approximate surface area is 90.2 Å². The van der Waals surface area contributed by atoms with Gasteiger partial charge in [-0.25, -0.2) is 0 Å². The zero-order valence-electron chi connectivity index (χ0n) is 10.0. The van der Waals surface area contributed by atoms with Crippen molar-refractivity contribution in [2.45, 2.75) is 46.6 Å². The minimum Gasteiger partial charge on any atom is -0.448 e. The van der Waals surface area contributed by atoms with Gasteiger partial charge in [0.1, 0.15) is 0 Å². The number of esters is 1. The van der Waals surface area contributed by atoms with Gasteiger partial charge in [0.15, 0.2) is 5.60 Å². The van der Waals surface area contributed by atoms with Gasteiger partial charge in [-0.3, -0.25) is 9.59 Å². The van der Waals surface area contributed by atoms with Crippen LogP contribution in [0.2, 0.25) is 0 Å². The fraction of sp³-hybridized carbons (Fsp3) is 0.818. The number of ether oxygens (including phenoxy) is 1. The highest BCUT2D eigenvalue weighted by molar-refractivity contribution is 5.93. The molecule has 0 radical (unpaired) electrons. The molecule has 4 heteroatoms. The van der Waals surface area contributed by atoms with Gasteiger partial charge < -0.3 is 10.5 Å². The second-order valence-corrected chi connectivity index (χ2v) is 5.10. The van der Waals surface area contributed by atoms with E-state index < -0.39 is 22.3 Å². The Morgan fingerprint density at radius 2 is 1.80 bits per heavy atom. The van der Waals surface area contributed by atoms with Crippen molar-refractivity contribution in [1.82, 2.24) is 0 Å². The first-order valence-electron chi connectivity index (χ1n) is 5.17. The largest absolute Gasteiger partial charge is 0.448 e. The zero-order chi connectivity index (χ0) is 12.1. The molecule has 1 aliphatic rings. The zero-order valence-corrected chi connectivity index (χ0v) is 10.0. The molecule has 86 valence electrons. The minimum absolute atomic E-state index is 0.337. The Morgan fingerprint density at radius 1 is 1.33 bits per heavy atom. The number of rotatable bonds is 2. The van der Waals surface area contributed by atoms with Gasteiger partial charge in [0.25, 0.3) is 5.91 Å². The van der Waals surface area contributed by atoms with Crippen LogP contribution in [0.3, 0.4) is 0 Å². The van der Waals surface area contributed by atoms with E-state index in [1.807, 2.05) is 27.7 Å². The molecule has 0 spiro atoms. The van der Waals surface area contributed by atoms with Crippen LogP contribution in [-0.4, -0.2) is 17.5 Å². The SMILES string of the molecule is CCC1(C)C(=O)OC(C)(C(N)=O)C1(C)C. The summed E-state index contributed by atoms with van der Waals surface area (Å²) in [5.74, 6) is -0.922. The third kappa shape index (κ3) is 1.13. The molecule has 1 amide bonds. The average Bonchev–Trinajstić information content (AvgIpc) is 2.26. The van der Waals surface area contributed by atoms with E-state index in [1.165, 1.54) is 0 Å². The first-order valence-corrected chi connectivity index (χ1v) is 5.17. The van der Waals surface area contributed by atoms with Crippen LogP contribution in [0, 0.1) is 10.8 Å². The molecule has 2 unspecified atom stereocenters. The summed E-state index contributed by atoms with van der Waals surface area (Å²) in [5, 5.41) is 0. The van der Waals surface area contributed by atoms with Crippen LogP contribution in [0.5, 0.6) is 0 Å². The van der Waals surface area contributed by atoms with Crippen LogP contribution in [0.25, 0.3) is 0 Å². The van der Waals surface area contributed by atoms with Crippen LogP contribution in [0.15, 0.2) is 0 Å². The Hall–Kier alpha value is -1.06. The number of hydrogen-bond acceptors (Lipinski definition) is 3. The predicted molar refractivity (Wildman–Crippen MR) is 55.9 cm³/mol. The third-order valence-corrected chi connectivity index (χ3v) is 4.50. The van der Waals surface area contributed by atoms with E-state index in [9.17, 15) is 9.59 Å². The van der Waals surface area contributed by atoms with E-state index >= 15 is 0 Å². The lowest BCUT2D eigenvalue weighted by Crippen LogP contribution is -2.53. The number of hydrogen-bond donors (Lipinski definition) is 1. The van der Waals surface area contributed by atoms with E-state index in [-0.39, 0.29) is 5.97 Å². The molecular formula is C11H19NO3. The summed E-state index contributed by atoms with van der Waals surface area (Å²) in [4.78, 5) is 23.3. The molecule has 1 rings (SSSR count). The summed E-state index contributed by atoms with van der Waals surface area (Å²) in [5.41, 5.74) is 2.86. The molecule has 0 aliphatic carbocycles. The molecule has 1 fully saturated rings. The maximum Gasteiger partial charge on any atom is 0.313 e. The number of primary amides is 1. The molecule has 0 aromatic heterocycles. The van der Waals surface area contributed by atoms with E-state index in [0.29, 0.717) is 6.42 Å². The normalized spacial score (nSPS) is 38.9. The van der Waals surface area contributed by atoms with E-state index in [2.05, 4.69) is 0 Å². The van der Waals surface area contributed by atoms with E-state index in [0.717, 1.165) is 0 Å². The highest BCUT2D eigenvalue weighted by Crippen LogP contribution is 2.56. The average molecular weight is 213 g/mol. The van der Waals surface area contributed by atoms with Crippen molar-refractivity contribution < 1.29 is 14.3 Å². The van der Waals surface area contributed by atoms with Gasteiger partial charge >= 0.3 is 5.97 Å². The molecule has 1 saturated heterocycles. The highest BCUT2D eigenvalue weighted by atomic mass is 16.6. The predicted octanol–water partition coefficient (Wildman–Crippen LogP) is 1.23. The Kier molecular flexibility index (Phi) is 2.38. The van der Waals surface area contributed by atoms with Crippen LogP contribution in [0.1, 0.15) is 41.0 Å². The van der Waals surface area contributed by atoms with E-state index in [4.69, 9.17) is 10.5 Å². The molecule has 1 heterocycles. The van der Waals surface area contributed by atoms with Crippen molar-refractivity contribution in [3.63, 3.8) is 0 Å². The summed E-state index contributed by atoms with van der Waals surface area (Å²) >= 11 is 0. The monoisotopic (exact) mass is 213 g/mol. The number of nitrogens with two attached hydrogens (primary N) is 1. The molecule has 4 nitrogen and oxygen atoms in total. The Balaban J connectivity index is 3.34. The van der Waals surface area contributed by atoms with Crippen molar-refractivity contribution in [3.8, 4) is 0 Å².